The van der Waals surface area contributed by atoms with Crippen molar-refractivity contribution >= 4 is 15.9 Å². The number of nitrogens with zero attached hydrogens (tertiary/aromatic N) is 2. The molecule has 7 nitrogen and oxygen atoms in total. The van der Waals surface area contributed by atoms with E-state index < -0.39 is 21.7 Å². The van der Waals surface area contributed by atoms with Crippen molar-refractivity contribution in [2.75, 3.05) is 26.2 Å². The lowest BCUT2D eigenvalue weighted by molar-refractivity contribution is -0.134. The Morgan fingerprint density at radius 3 is 2.43 bits per heavy atom. The number of nitrogens with one attached hydrogen (secondary N) is 2. The van der Waals surface area contributed by atoms with Gasteiger partial charge in [0.1, 0.15) is 6.04 Å². The molecule has 2 atom stereocenters. The van der Waals surface area contributed by atoms with Crippen LogP contribution in [0.25, 0.3) is 0 Å². The van der Waals surface area contributed by atoms with Gasteiger partial charge in [-0.15, -0.1) is 0 Å². The van der Waals surface area contributed by atoms with E-state index >= 15 is 0 Å². The molecule has 0 spiro atoms. The molecular weight excluding hydrogens is 390 g/mol. The molecule has 3 rings (SSSR count). The van der Waals surface area contributed by atoms with Gasteiger partial charge in [-0.2, -0.15) is 4.31 Å². The molecular formula is C18H26F2N4O3S. The largest absolute Gasteiger partial charge is 0.339 e. The lowest BCUT2D eigenvalue weighted by Crippen LogP contribution is -2.54. The number of carbonyl (C=O) groups is 1. The van der Waals surface area contributed by atoms with Crippen LogP contribution in [0.3, 0.4) is 0 Å². The number of carbonyl (C=O) groups excluding carboxylic acids is 1. The van der Waals surface area contributed by atoms with Gasteiger partial charge in [-0.1, -0.05) is 13.8 Å². The van der Waals surface area contributed by atoms with Crippen molar-refractivity contribution in [1.82, 2.24) is 20.1 Å². The van der Waals surface area contributed by atoms with Gasteiger partial charge >= 0.3 is 0 Å². The normalized spacial score (nSPS) is 24.1. The van der Waals surface area contributed by atoms with Crippen LogP contribution in [0.15, 0.2) is 23.1 Å². The first kappa shape index (κ1) is 21.1. The van der Waals surface area contributed by atoms with Crippen LogP contribution in [0.4, 0.5) is 8.78 Å². The second-order valence-electron chi connectivity index (χ2n) is 7.71. The molecule has 10 heteroatoms. The molecule has 0 saturated carbocycles. The van der Waals surface area contributed by atoms with E-state index in [1.165, 1.54) is 4.31 Å². The summed E-state index contributed by atoms with van der Waals surface area (Å²) < 4.78 is 53.0. The molecule has 28 heavy (non-hydrogen) atoms. The van der Waals surface area contributed by atoms with Crippen LogP contribution in [0.5, 0.6) is 0 Å². The zero-order valence-electron chi connectivity index (χ0n) is 16.0. The fraction of sp³-hybridized carbons (Fsp3) is 0.611. The first-order valence-electron chi connectivity index (χ1n) is 9.43. The smallest absolute Gasteiger partial charge is 0.243 e. The third kappa shape index (κ3) is 4.51. The van der Waals surface area contributed by atoms with E-state index in [-0.39, 0.29) is 49.1 Å². The summed E-state index contributed by atoms with van der Waals surface area (Å²) in [7, 11) is -3.93. The SMILES string of the molecule is CC(C)CC1CC(C(=O)N2CCN(S(=O)(=O)c3ccc(F)c(F)c3)CC2)NN1. The first-order valence-corrected chi connectivity index (χ1v) is 10.9. The maximum absolute atomic E-state index is 13.4. The Kier molecular flexibility index (Phi) is 6.33. The highest BCUT2D eigenvalue weighted by atomic mass is 32.2. The zero-order chi connectivity index (χ0) is 20.5. The number of hydrogen-bond acceptors (Lipinski definition) is 5. The summed E-state index contributed by atoms with van der Waals surface area (Å²) in [6, 6.07) is 2.45. The van der Waals surface area contributed by atoms with E-state index in [0.29, 0.717) is 18.4 Å². The quantitative estimate of drug-likeness (QED) is 0.751. The maximum Gasteiger partial charge on any atom is 0.243 e. The molecule has 0 radical (unpaired) electrons. The fourth-order valence-electron chi connectivity index (χ4n) is 3.66. The third-order valence-electron chi connectivity index (χ3n) is 5.12. The van der Waals surface area contributed by atoms with Gasteiger partial charge in [0.25, 0.3) is 0 Å². The summed E-state index contributed by atoms with van der Waals surface area (Å²) in [5.74, 6) is -1.82. The highest BCUT2D eigenvalue weighted by Crippen LogP contribution is 2.21. The summed E-state index contributed by atoms with van der Waals surface area (Å²) in [5, 5.41) is 0. The molecule has 2 heterocycles. The molecule has 2 fully saturated rings. The van der Waals surface area contributed by atoms with Crippen LogP contribution in [-0.4, -0.2) is 61.8 Å². The predicted octanol–water partition coefficient (Wildman–Crippen LogP) is 1.08. The average molecular weight is 416 g/mol. The van der Waals surface area contributed by atoms with E-state index in [2.05, 4.69) is 24.7 Å². The maximum atomic E-state index is 13.4. The Labute approximate surface area is 164 Å². The van der Waals surface area contributed by atoms with Crippen LogP contribution in [0.2, 0.25) is 0 Å². The Bertz CT molecular complexity index is 826. The second-order valence-corrected chi connectivity index (χ2v) is 9.65. The molecule has 2 unspecified atom stereocenters. The van der Waals surface area contributed by atoms with Gasteiger partial charge in [0.05, 0.1) is 4.90 Å². The van der Waals surface area contributed by atoms with Crippen LogP contribution >= 0.6 is 0 Å². The second kappa shape index (κ2) is 8.40. The standard InChI is InChI=1S/C18H26F2N4O3S/c1-12(2)9-13-10-17(22-21-13)18(25)23-5-7-24(8-6-23)28(26,27)14-3-4-15(19)16(20)11-14/h3-4,11-13,17,21-22H,5-10H2,1-2H3. The van der Waals surface area contributed by atoms with Crippen molar-refractivity contribution in [1.29, 1.82) is 0 Å². The van der Waals surface area contributed by atoms with Crippen molar-refractivity contribution in [3.05, 3.63) is 29.8 Å². The highest BCUT2D eigenvalue weighted by Gasteiger charge is 2.36. The minimum atomic E-state index is -3.93. The molecule has 1 amide bonds. The van der Waals surface area contributed by atoms with Gasteiger partial charge in [-0.3, -0.25) is 10.2 Å². The summed E-state index contributed by atoms with van der Waals surface area (Å²) in [6.07, 6.45) is 1.67. The van der Waals surface area contributed by atoms with Crippen molar-refractivity contribution in [2.24, 2.45) is 5.92 Å². The predicted molar refractivity (Wildman–Crippen MR) is 99.6 cm³/mol. The molecule has 0 bridgehead atoms. The van der Waals surface area contributed by atoms with Crippen LogP contribution in [-0.2, 0) is 14.8 Å². The number of rotatable bonds is 5. The summed E-state index contributed by atoms with van der Waals surface area (Å²) in [4.78, 5) is 14.1. The molecule has 1 aromatic carbocycles. The number of piperazine rings is 1. The minimum absolute atomic E-state index is 0.0522. The Balaban J connectivity index is 1.58. The van der Waals surface area contributed by atoms with Gasteiger partial charge in [0, 0.05) is 32.2 Å². The Hall–Kier alpha value is -1.62. The van der Waals surface area contributed by atoms with Gasteiger partial charge in [-0.25, -0.2) is 22.6 Å². The molecule has 1 aromatic rings. The van der Waals surface area contributed by atoms with Gasteiger partial charge in [-0.05, 0) is 37.0 Å². The van der Waals surface area contributed by atoms with Crippen molar-refractivity contribution in [3.63, 3.8) is 0 Å². The number of halogens is 2. The monoisotopic (exact) mass is 416 g/mol. The Morgan fingerprint density at radius 1 is 1.14 bits per heavy atom. The molecule has 156 valence electrons. The summed E-state index contributed by atoms with van der Waals surface area (Å²) >= 11 is 0. The molecule has 2 aliphatic rings. The number of amides is 1. The Morgan fingerprint density at radius 2 is 1.82 bits per heavy atom. The number of hydrazine groups is 1. The van der Waals surface area contributed by atoms with Crippen molar-refractivity contribution in [3.8, 4) is 0 Å². The lowest BCUT2D eigenvalue weighted by Gasteiger charge is -2.35. The third-order valence-corrected chi connectivity index (χ3v) is 7.01. The highest BCUT2D eigenvalue weighted by molar-refractivity contribution is 7.89. The van der Waals surface area contributed by atoms with E-state index in [9.17, 15) is 22.0 Å². The van der Waals surface area contributed by atoms with Gasteiger partial charge < -0.3 is 4.90 Å². The van der Waals surface area contributed by atoms with Crippen LogP contribution in [0, 0.1) is 17.6 Å². The summed E-state index contributed by atoms with van der Waals surface area (Å²) in [5.41, 5.74) is 6.19. The number of benzene rings is 1. The van der Waals surface area contributed by atoms with Crippen LogP contribution < -0.4 is 10.9 Å². The van der Waals surface area contributed by atoms with E-state index in [0.717, 1.165) is 18.6 Å². The first-order chi connectivity index (χ1) is 13.2. The van der Waals surface area contributed by atoms with Gasteiger partial charge in [0.2, 0.25) is 15.9 Å². The molecule has 2 aliphatic heterocycles. The van der Waals surface area contributed by atoms with Crippen LogP contribution in [0.1, 0.15) is 26.7 Å². The fourth-order valence-corrected chi connectivity index (χ4v) is 5.10. The molecule has 0 aromatic heterocycles. The van der Waals surface area contributed by atoms with Crippen molar-refractivity contribution in [2.45, 2.75) is 43.7 Å². The lowest BCUT2D eigenvalue weighted by atomic mass is 9.99. The van der Waals surface area contributed by atoms with E-state index in [1.807, 2.05) is 0 Å². The minimum Gasteiger partial charge on any atom is -0.339 e. The molecule has 2 saturated heterocycles. The average Bonchev–Trinajstić information content (AvgIpc) is 3.11. The van der Waals surface area contributed by atoms with E-state index in [4.69, 9.17) is 0 Å². The van der Waals surface area contributed by atoms with Crippen molar-refractivity contribution < 1.29 is 22.0 Å². The number of hydrogen-bond donors (Lipinski definition) is 2. The zero-order valence-corrected chi connectivity index (χ0v) is 16.8. The van der Waals surface area contributed by atoms with Gasteiger partial charge in [0.15, 0.2) is 11.6 Å². The van der Waals surface area contributed by atoms with E-state index in [1.54, 1.807) is 4.90 Å². The molecule has 0 aliphatic carbocycles. The number of sulfonamides is 1. The summed E-state index contributed by atoms with van der Waals surface area (Å²) in [6.45, 7) is 5.00. The topological polar surface area (TPSA) is 81.8 Å². The molecule has 2 N–H and O–H groups in total.